The van der Waals surface area contributed by atoms with E-state index in [1.54, 1.807) is 6.08 Å². The molecule has 1 aliphatic heterocycles. The predicted octanol–water partition coefficient (Wildman–Crippen LogP) is 1.68. The molecule has 2 rings (SSSR count). The van der Waals surface area contributed by atoms with Crippen molar-refractivity contribution in [3.8, 4) is 5.75 Å². The number of para-hydroxylation sites is 1. The van der Waals surface area contributed by atoms with E-state index < -0.39 is 5.97 Å². The first-order chi connectivity index (χ1) is 6.81. The van der Waals surface area contributed by atoms with Gasteiger partial charge < -0.3 is 9.47 Å². The van der Waals surface area contributed by atoms with Gasteiger partial charge in [0.05, 0.1) is 7.11 Å². The van der Waals surface area contributed by atoms with Gasteiger partial charge in [-0.1, -0.05) is 18.2 Å². The smallest absolute Gasteiger partial charge is 0.373 e. The van der Waals surface area contributed by atoms with Crippen LogP contribution in [0.5, 0.6) is 5.75 Å². The van der Waals surface area contributed by atoms with Gasteiger partial charge in [-0.15, -0.1) is 0 Å². The molecule has 1 aromatic rings. The summed E-state index contributed by atoms with van der Waals surface area (Å²) in [7, 11) is 1.34. The first-order valence-corrected chi connectivity index (χ1v) is 4.35. The number of benzene rings is 1. The van der Waals surface area contributed by atoms with Gasteiger partial charge in [-0.2, -0.15) is 0 Å². The first kappa shape index (κ1) is 8.81. The van der Waals surface area contributed by atoms with Gasteiger partial charge in [0, 0.05) is 0 Å². The molecule has 0 atom stereocenters. The molecule has 0 N–H and O–H groups in total. The predicted molar refractivity (Wildman–Crippen MR) is 50.9 cm³/mol. The Hall–Kier alpha value is -1.77. The molecule has 0 fully saturated rings. The minimum Gasteiger partial charge on any atom is -0.463 e. The quantitative estimate of drug-likeness (QED) is 0.632. The molecule has 0 saturated heterocycles. The van der Waals surface area contributed by atoms with Crippen LogP contribution in [0.2, 0.25) is 0 Å². The third-order valence-corrected chi connectivity index (χ3v) is 2.09. The van der Waals surface area contributed by atoms with Crippen molar-refractivity contribution in [2.24, 2.45) is 0 Å². The highest BCUT2D eigenvalue weighted by atomic mass is 16.6. The number of esters is 1. The van der Waals surface area contributed by atoms with E-state index in [1.165, 1.54) is 7.11 Å². The summed E-state index contributed by atoms with van der Waals surface area (Å²) in [5.74, 6) is 0.570. The van der Waals surface area contributed by atoms with Crippen LogP contribution in [0.15, 0.2) is 36.1 Å². The highest BCUT2D eigenvalue weighted by molar-refractivity contribution is 5.87. The zero-order valence-corrected chi connectivity index (χ0v) is 7.82. The van der Waals surface area contributed by atoms with Crippen molar-refractivity contribution in [3.05, 3.63) is 41.7 Å². The standard InChI is InChI=1S/C11H10O3/c1-13-11(12)10-7-6-8-4-2-3-5-9(8)14-10/h2-5,7H,6H2,1H3. The second-order valence-corrected chi connectivity index (χ2v) is 2.97. The van der Waals surface area contributed by atoms with E-state index in [2.05, 4.69) is 4.74 Å². The average molecular weight is 190 g/mol. The molecule has 0 unspecified atom stereocenters. The Bertz CT molecular complexity index is 393. The number of carbonyl (C=O) groups is 1. The molecule has 3 heteroatoms. The van der Waals surface area contributed by atoms with Gasteiger partial charge in [-0.25, -0.2) is 4.79 Å². The fourth-order valence-electron chi connectivity index (χ4n) is 1.36. The van der Waals surface area contributed by atoms with Crippen LogP contribution in [0.3, 0.4) is 0 Å². The lowest BCUT2D eigenvalue weighted by molar-refractivity contribution is -0.138. The van der Waals surface area contributed by atoms with Gasteiger partial charge in [0.25, 0.3) is 0 Å². The van der Waals surface area contributed by atoms with E-state index in [-0.39, 0.29) is 5.76 Å². The largest absolute Gasteiger partial charge is 0.463 e. The summed E-state index contributed by atoms with van der Waals surface area (Å²) in [5.41, 5.74) is 1.08. The molecule has 0 aliphatic carbocycles. The van der Waals surface area contributed by atoms with Gasteiger partial charge in [-0.3, -0.25) is 0 Å². The summed E-state index contributed by atoms with van der Waals surface area (Å²) in [4.78, 5) is 11.2. The van der Waals surface area contributed by atoms with E-state index in [1.807, 2.05) is 24.3 Å². The van der Waals surface area contributed by atoms with Crippen molar-refractivity contribution < 1.29 is 14.3 Å². The molecule has 14 heavy (non-hydrogen) atoms. The topological polar surface area (TPSA) is 35.5 Å². The average Bonchev–Trinajstić information content (AvgIpc) is 2.27. The van der Waals surface area contributed by atoms with Crippen LogP contribution in [0.1, 0.15) is 5.56 Å². The molecule has 1 aromatic carbocycles. The van der Waals surface area contributed by atoms with Crippen LogP contribution in [0.25, 0.3) is 0 Å². The SMILES string of the molecule is COC(=O)C1=CCc2ccccc2O1. The number of fused-ring (bicyclic) bond motifs is 1. The van der Waals surface area contributed by atoms with Crippen molar-refractivity contribution >= 4 is 5.97 Å². The highest BCUT2D eigenvalue weighted by Crippen LogP contribution is 2.25. The second kappa shape index (κ2) is 3.54. The normalized spacial score (nSPS) is 13.6. The number of methoxy groups -OCH3 is 1. The Balaban J connectivity index is 2.25. The first-order valence-electron chi connectivity index (χ1n) is 4.35. The Morgan fingerprint density at radius 3 is 3.00 bits per heavy atom. The van der Waals surface area contributed by atoms with Crippen LogP contribution in [-0.2, 0) is 16.0 Å². The summed E-state index contributed by atoms with van der Waals surface area (Å²) in [6, 6.07) is 7.63. The lowest BCUT2D eigenvalue weighted by Crippen LogP contribution is -2.14. The molecule has 1 aliphatic rings. The molecule has 0 bridgehead atoms. The lowest BCUT2D eigenvalue weighted by atomic mass is 10.1. The van der Waals surface area contributed by atoms with Gasteiger partial charge in [0.1, 0.15) is 5.75 Å². The lowest BCUT2D eigenvalue weighted by Gasteiger charge is -2.15. The van der Waals surface area contributed by atoms with Gasteiger partial charge in [0.15, 0.2) is 0 Å². The molecule has 0 spiro atoms. The molecule has 1 heterocycles. The molecule has 0 aromatic heterocycles. The van der Waals surface area contributed by atoms with Gasteiger partial charge >= 0.3 is 5.97 Å². The zero-order valence-electron chi connectivity index (χ0n) is 7.82. The fraction of sp³-hybridized carbons (Fsp3) is 0.182. The number of hydrogen-bond donors (Lipinski definition) is 0. The third kappa shape index (κ3) is 1.48. The minimum absolute atomic E-state index is 0.270. The fourth-order valence-corrected chi connectivity index (χ4v) is 1.36. The zero-order chi connectivity index (χ0) is 9.97. The van der Waals surface area contributed by atoms with Crippen LogP contribution < -0.4 is 4.74 Å². The van der Waals surface area contributed by atoms with Crippen LogP contribution >= 0.6 is 0 Å². The minimum atomic E-state index is -0.431. The molecular weight excluding hydrogens is 180 g/mol. The van der Waals surface area contributed by atoms with E-state index in [0.29, 0.717) is 6.42 Å². The Kier molecular flexibility index (Phi) is 2.23. The Labute approximate surface area is 81.9 Å². The number of hydrogen-bond acceptors (Lipinski definition) is 3. The van der Waals surface area contributed by atoms with Crippen molar-refractivity contribution in [3.63, 3.8) is 0 Å². The van der Waals surface area contributed by atoms with E-state index in [4.69, 9.17) is 4.74 Å². The highest BCUT2D eigenvalue weighted by Gasteiger charge is 2.17. The maximum absolute atomic E-state index is 11.2. The Morgan fingerprint density at radius 1 is 1.43 bits per heavy atom. The van der Waals surface area contributed by atoms with Crippen LogP contribution in [0.4, 0.5) is 0 Å². The second-order valence-electron chi connectivity index (χ2n) is 2.97. The summed E-state index contributed by atoms with van der Waals surface area (Å²) < 4.78 is 9.94. The summed E-state index contributed by atoms with van der Waals surface area (Å²) in [6.07, 6.45) is 2.44. The monoisotopic (exact) mass is 190 g/mol. The van der Waals surface area contributed by atoms with E-state index >= 15 is 0 Å². The van der Waals surface area contributed by atoms with E-state index in [0.717, 1.165) is 11.3 Å². The number of carbonyl (C=O) groups excluding carboxylic acids is 1. The molecule has 0 radical (unpaired) electrons. The molecule has 0 saturated carbocycles. The number of ether oxygens (including phenoxy) is 2. The van der Waals surface area contributed by atoms with E-state index in [9.17, 15) is 4.79 Å². The summed E-state index contributed by atoms with van der Waals surface area (Å²) in [5, 5.41) is 0. The van der Waals surface area contributed by atoms with Crippen molar-refractivity contribution in [1.29, 1.82) is 0 Å². The maximum atomic E-state index is 11.2. The third-order valence-electron chi connectivity index (χ3n) is 2.09. The molecule has 0 amide bonds. The number of allylic oxidation sites excluding steroid dienone is 1. The molecular formula is C11H10O3. The van der Waals surface area contributed by atoms with Gasteiger partial charge in [0.2, 0.25) is 5.76 Å². The van der Waals surface area contributed by atoms with Gasteiger partial charge in [-0.05, 0) is 24.1 Å². The van der Waals surface area contributed by atoms with Crippen molar-refractivity contribution in [2.75, 3.05) is 7.11 Å². The summed E-state index contributed by atoms with van der Waals surface area (Å²) in [6.45, 7) is 0. The maximum Gasteiger partial charge on any atom is 0.373 e. The van der Waals surface area contributed by atoms with Crippen LogP contribution in [-0.4, -0.2) is 13.1 Å². The summed E-state index contributed by atoms with van der Waals surface area (Å²) >= 11 is 0. The van der Waals surface area contributed by atoms with Crippen LogP contribution in [0, 0.1) is 0 Å². The molecule has 72 valence electrons. The number of rotatable bonds is 1. The Morgan fingerprint density at radius 2 is 2.21 bits per heavy atom. The molecule has 3 nitrogen and oxygen atoms in total. The van der Waals surface area contributed by atoms with Crippen molar-refractivity contribution in [2.45, 2.75) is 6.42 Å². The van der Waals surface area contributed by atoms with Crippen molar-refractivity contribution in [1.82, 2.24) is 0 Å².